The van der Waals surface area contributed by atoms with E-state index in [4.69, 9.17) is 15.6 Å². The van der Waals surface area contributed by atoms with Gasteiger partial charge < -0.3 is 15.6 Å². The fourth-order valence-corrected chi connectivity index (χ4v) is 3.35. The summed E-state index contributed by atoms with van der Waals surface area (Å²) in [6.45, 7) is 1.84. The van der Waals surface area contributed by atoms with Crippen molar-refractivity contribution >= 4 is 33.2 Å². The third-order valence-corrected chi connectivity index (χ3v) is 4.65. The van der Waals surface area contributed by atoms with Crippen molar-refractivity contribution in [1.29, 1.82) is 0 Å². The summed E-state index contributed by atoms with van der Waals surface area (Å²) in [7, 11) is 1.61. The lowest BCUT2D eigenvalue weighted by atomic mass is 9.96. The molecule has 0 saturated carbocycles. The number of Topliss-reactive ketones (excluding diaryl/α,β-unsaturated/α-hetero) is 1. The van der Waals surface area contributed by atoms with E-state index < -0.39 is 12.0 Å². The molecular weight excluding hydrogens is 302 g/mol. The Morgan fingerprint density at radius 1 is 1.36 bits per heavy atom. The van der Waals surface area contributed by atoms with Crippen LogP contribution < -0.4 is 10.5 Å². The molecule has 0 spiro atoms. The van der Waals surface area contributed by atoms with Crippen LogP contribution in [-0.2, 0) is 4.79 Å². The molecule has 6 heteroatoms. The summed E-state index contributed by atoms with van der Waals surface area (Å²) < 4.78 is 6.17. The third-order valence-electron chi connectivity index (χ3n) is 3.51. The van der Waals surface area contributed by atoms with E-state index >= 15 is 0 Å². The van der Waals surface area contributed by atoms with Gasteiger partial charge in [-0.1, -0.05) is 6.92 Å². The van der Waals surface area contributed by atoms with Crippen LogP contribution in [0.2, 0.25) is 0 Å². The molecule has 0 aliphatic heterocycles. The average molecular weight is 321 g/mol. The Balaban J connectivity index is 2.07. The number of carboxylic acids is 1. The predicted molar refractivity (Wildman–Crippen MR) is 86.7 cm³/mol. The van der Waals surface area contributed by atoms with Crippen molar-refractivity contribution in [3.8, 4) is 5.75 Å². The van der Waals surface area contributed by atoms with Crippen molar-refractivity contribution in [3.05, 3.63) is 29.1 Å². The van der Waals surface area contributed by atoms with Gasteiger partial charge in [-0.25, -0.2) is 0 Å². The number of ketones is 1. The molecule has 118 valence electrons. The number of methoxy groups -OCH3 is 1. The van der Waals surface area contributed by atoms with Crippen LogP contribution in [0.15, 0.2) is 24.3 Å². The molecule has 3 N–H and O–H groups in total. The highest BCUT2D eigenvalue weighted by atomic mass is 32.1. The summed E-state index contributed by atoms with van der Waals surface area (Å²) in [5.41, 5.74) is 5.50. The van der Waals surface area contributed by atoms with Gasteiger partial charge >= 0.3 is 5.97 Å². The Hall–Kier alpha value is -1.92. The normalized spacial score (nSPS) is 13.8. The van der Waals surface area contributed by atoms with E-state index in [1.807, 2.05) is 31.2 Å². The largest absolute Gasteiger partial charge is 0.497 e. The Morgan fingerprint density at radius 3 is 2.73 bits per heavy atom. The molecule has 1 unspecified atom stereocenters. The smallest absolute Gasteiger partial charge is 0.320 e. The highest BCUT2D eigenvalue weighted by molar-refractivity contribution is 7.20. The van der Waals surface area contributed by atoms with E-state index in [1.165, 1.54) is 11.3 Å². The molecule has 0 saturated heterocycles. The van der Waals surface area contributed by atoms with E-state index in [-0.39, 0.29) is 11.7 Å². The Labute approximate surface area is 132 Å². The summed E-state index contributed by atoms with van der Waals surface area (Å²) >= 11 is 1.42. The van der Waals surface area contributed by atoms with Gasteiger partial charge in [0.15, 0.2) is 5.78 Å². The number of hydrogen-bond donors (Lipinski definition) is 2. The molecule has 1 aromatic carbocycles. The van der Waals surface area contributed by atoms with Crippen molar-refractivity contribution in [2.75, 3.05) is 7.11 Å². The van der Waals surface area contributed by atoms with Crippen LogP contribution in [0.4, 0.5) is 0 Å². The fourth-order valence-electron chi connectivity index (χ4n) is 2.31. The number of benzene rings is 1. The molecule has 0 bridgehead atoms. The van der Waals surface area contributed by atoms with E-state index in [1.54, 1.807) is 7.11 Å². The van der Waals surface area contributed by atoms with Crippen molar-refractivity contribution in [2.45, 2.75) is 25.8 Å². The Morgan fingerprint density at radius 2 is 2.09 bits per heavy atom. The first-order chi connectivity index (χ1) is 10.4. The zero-order valence-corrected chi connectivity index (χ0v) is 13.4. The topological polar surface area (TPSA) is 89.6 Å². The molecular formula is C16H19NO4S. The molecule has 22 heavy (non-hydrogen) atoms. The van der Waals surface area contributed by atoms with Crippen molar-refractivity contribution in [1.82, 2.24) is 0 Å². The number of carbonyl (C=O) groups excluding carboxylic acids is 1. The number of ether oxygens (including phenoxy) is 1. The van der Waals surface area contributed by atoms with Crippen molar-refractivity contribution in [3.63, 3.8) is 0 Å². The van der Waals surface area contributed by atoms with Gasteiger partial charge in [0.05, 0.1) is 12.0 Å². The van der Waals surface area contributed by atoms with Gasteiger partial charge in [-0.05, 0) is 42.0 Å². The molecule has 2 rings (SSSR count). The Bertz CT molecular complexity index is 695. The van der Waals surface area contributed by atoms with Crippen LogP contribution >= 0.6 is 11.3 Å². The molecule has 2 atom stereocenters. The van der Waals surface area contributed by atoms with Crippen LogP contribution in [-0.4, -0.2) is 30.0 Å². The van der Waals surface area contributed by atoms with Gasteiger partial charge in [-0.15, -0.1) is 11.3 Å². The number of hydrogen-bond acceptors (Lipinski definition) is 5. The highest BCUT2D eigenvalue weighted by Gasteiger charge is 2.19. The lowest BCUT2D eigenvalue weighted by molar-refractivity contribution is -0.138. The maximum absolute atomic E-state index is 12.3. The van der Waals surface area contributed by atoms with Gasteiger partial charge in [0.2, 0.25) is 0 Å². The molecule has 5 nitrogen and oxygen atoms in total. The lowest BCUT2D eigenvalue weighted by Gasteiger charge is -2.12. The van der Waals surface area contributed by atoms with Gasteiger partial charge in [0.1, 0.15) is 11.8 Å². The molecule has 0 radical (unpaired) electrons. The molecule has 0 aliphatic carbocycles. The van der Waals surface area contributed by atoms with Crippen LogP contribution in [0, 0.1) is 5.92 Å². The number of rotatable bonds is 7. The number of carbonyl (C=O) groups is 2. The van der Waals surface area contributed by atoms with Gasteiger partial charge in [0, 0.05) is 11.1 Å². The van der Waals surface area contributed by atoms with Crippen molar-refractivity contribution < 1.29 is 19.4 Å². The lowest BCUT2D eigenvalue weighted by Crippen LogP contribution is -2.32. The highest BCUT2D eigenvalue weighted by Crippen LogP contribution is 2.30. The summed E-state index contributed by atoms with van der Waals surface area (Å²) in [5.74, 6) is -0.328. The van der Waals surface area contributed by atoms with Crippen LogP contribution in [0.3, 0.4) is 0 Å². The van der Waals surface area contributed by atoms with E-state index in [0.29, 0.717) is 17.7 Å². The minimum absolute atomic E-state index is 0.0188. The predicted octanol–water partition coefficient (Wildman–Crippen LogP) is 2.92. The minimum Gasteiger partial charge on any atom is -0.497 e. The Kier molecular flexibility index (Phi) is 5.15. The SMILES string of the molecule is COc1ccc2cc(C(=O)CC(C)C[C@@H](N)C(=O)O)sc2c1. The average Bonchev–Trinajstić information content (AvgIpc) is 2.89. The van der Waals surface area contributed by atoms with E-state index in [0.717, 1.165) is 15.8 Å². The van der Waals surface area contributed by atoms with Gasteiger partial charge in [-0.3, -0.25) is 9.59 Å². The molecule has 1 aromatic heterocycles. The van der Waals surface area contributed by atoms with E-state index in [2.05, 4.69) is 0 Å². The number of nitrogens with two attached hydrogens (primary N) is 1. The second-order valence-electron chi connectivity index (χ2n) is 5.43. The first-order valence-corrected chi connectivity index (χ1v) is 7.81. The van der Waals surface area contributed by atoms with Crippen molar-refractivity contribution in [2.24, 2.45) is 11.7 Å². The first kappa shape index (κ1) is 16.5. The zero-order chi connectivity index (χ0) is 16.3. The molecule has 1 heterocycles. The molecule has 0 amide bonds. The third kappa shape index (κ3) is 3.84. The number of thiophene rings is 1. The summed E-state index contributed by atoms with van der Waals surface area (Å²) in [4.78, 5) is 23.7. The van der Waals surface area contributed by atoms with Gasteiger partial charge in [-0.2, -0.15) is 0 Å². The standard InChI is InChI=1S/C16H19NO4S/c1-9(5-12(17)16(19)20)6-13(18)15-7-10-3-4-11(21-2)8-14(10)22-15/h3-4,7-9,12H,5-6,17H2,1-2H3,(H,19,20)/t9?,12-/m1/s1. The monoisotopic (exact) mass is 321 g/mol. The summed E-state index contributed by atoms with van der Waals surface area (Å²) in [5, 5.41) is 9.81. The minimum atomic E-state index is -1.03. The first-order valence-electron chi connectivity index (χ1n) is 7.00. The van der Waals surface area contributed by atoms with E-state index in [9.17, 15) is 9.59 Å². The summed E-state index contributed by atoms with van der Waals surface area (Å²) in [6, 6.07) is 6.63. The zero-order valence-electron chi connectivity index (χ0n) is 12.5. The quantitative estimate of drug-likeness (QED) is 0.765. The maximum Gasteiger partial charge on any atom is 0.320 e. The fraction of sp³-hybridized carbons (Fsp3) is 0.375. The maximum atomic E-state index is 12.3. The van der Waals surface area contributed by atoms with Crippen LogP contribution in [0.5, 0.6) is 5.75 Å². The molecule has 0 fully saturated rings. The van der Waals surface area contributed by atoms with Crippen LogP contribution in [0.1, 0.15) is 29.4 Å². The second-order valence-corrected chi connectivity index (χ2v) is 6.51. The number of carboxylic acid groups (broad SMARTS) is 1. The molecule has 2 aromatic rings. The molecule has 0 aliphatic rings. The van der Waals surface area contributed by atoms with Gasteiger partial charge in [0.25, 0.3) is 0 Å². The van der Waals surface area contributed by atoms with Crippen LogP contribution in [0.25, 0.3) is 10.1 Å². The number of fused-ring (bicyclic) bond motifs is 1. The second kappa shape index (κ2) is 6.89. The summed E-state index contributed by atoms with van der Waals surface area (Å²) in [6.07, 6.45) is 0.588. The number of aliphatic carboxylic acids is 1.